The van der Waals surface area contributed by atoms with E-state index in [1.54, 1.807) is 55.6 Å². The normalized spacial score (nSPS) is 16.0. The minimum Gasteiger partial charge on any atom is -0.497 e. The number of nitrogens with one attached hydrogen (secondary N) is 1. The van der Waals surface area contributed by atoms with Crippen LogP contribution in [0.5, 0.6) is 5.75 Å². The number of anilines is 1. The number of benzene rings is 2. The first-order chi connectivity index (χ1) is 14.6. The van der Waals surface area contributed by atoms with Crippen molar-refractivity contribution in [1.29, 1.82) is 0 Å². The molecule has 0 radical (unpaired) electrons. The van der Waals surface area contributed by atoms with Gasteiger partial charge in [0.15, 0.2) is 0 Å². The number of fused-ring (bicyclic) bond motifs is 1. The molecule has 3 aromatic rings. The highest BCUT2D eigenvalue weighted by Gasteiger charge is 2.21. The van der Waals surface area contributed by atoms with E-state index in [0.29, 0.717) is 28.9 Å². The van der Waals surface area contributed by atoms with Gasteiger partial charge < -0.3 is 14.8 Å². The van der Waals surface area contributed by atoms with Crippen LogP contribution >= 0.6 is 0 Å². The number of hydrogen-bond acceptors (Lipinski definition) is 5. The third-order valence-corrected chi connectivity index (χ3v) is 5.20. The molecule has 2 heterocycles. The molecule has 1 N–H and O–H groups in total. The molecule has 0 bridgehead atoms. The highest BCUT2D eigenvalue weighted by molar-refractivity contribution is 5.91. The van der Waals surface area contributed by atoms with Crippen molar-refractivity contribution in [2.45, 2.75) is 32.0 Å². The van der Waals surface area contributed by atoms with E-state index in [1.165, 1.54) is 9.13 Å². The van der Waals surface area contributed by atoms with Crippen molar-refractivity contribution in [3.63, 3.8) is 0 Å². The fraction of sp³-hybridized carbons (Fsp3) is 0.318. The first-order valence-corrected chi connectivity index (χ1v) is 9.84. The number of amides is 1. The van der Waals surface area contributed by atoms with Gasteiger partial charge in [-0.25, -0.2) is 4.79 Å². The molecule has 1 atom stereocenters. The summed E-state index contributed by atoms with van der Waals surface area (Å²) in [6, 6.07) is 13.8. The Morgan fingerprint density at radius 1 is 1.17 bits per heavy atom. The lowest BCUT2D eigenvalue weighted by atomic mass is 10.2. The zero-order valence-electron chi connectivity index (χ0n) is 16.7. The molecule has 8 heteroatoms. The third kappa shape index (κ3) is 3.99. The van der Waals surface area contributed by atoms with Gasteiger partial charge in [-0.3, -0.25) is 18.7 Å². The van der Waals surface area contributed by atoms with Crippen LogP contribution in [0.2, 0.25) is 0 Å². The number of rotatable bonds is 6. The third-order valence-electron chi connectivity index (χ3n) is 5.20. The fourth-order valence-corrected chi connectivity index (χ4v) is 3.72. The number of hydrogen-bond donors (Lipinski definition) is 1. The molecule has 1 aliphatic rings. The van der Waals surface area contributed by atoms with Crippen LogP contribution in [-0.2, 0) is 22.6 Å². The molecule has 0 spiro atoms. The Hall–Kier alpha value is -3.39. The van der Waals surface area contributed by atoms with Crippen LogP contribution in [0.4, 0.5) is 5.69 Å². The molecule has 2 aromatic carbocycles. The van der Waals surface area contributed by atoms with E-state index >= 15 is 0 Å². The molecule has 0 saturated carbocycles. The zero-order chi connectivity index (χ0) is 21.1. The van der Waals surface area contributed by atoms with Crippen LogP contribution < -0.4 is 21.3 Å². The quantitative estimate of drug-likeness (QED) is 0.672. The van der Waals surface area contributed by atoms with Crippen molar-refractivity contribution < 1.29 is 14.3 Å². The molecule has 0 unspecified atom stereocenters. The van der Waals surface area contributed by atoms with Gasteiger partial charge in [-0.15, -0.1) is 0 Å². The second-order valence-electron chi connectivity index (χ2n) is 7.22. The number of nitrogens with zero attached hydrogens (tertiary/aromatic N) is 2. The largest absolute Gasteiger partial charge is 0.497 e. The maximum Gasteiger partial charge on any atom is 0.332 e. The maximum absolute atomic E-state index is 13.2. The van der Waals surface area contributed by atoms with Crippen molar-refractivity contribution in [3.05, 3.63) is 69.4 Å². The maximum atomic E-state index is 13.2. The van der Waals surface area contributed by atoms with Crippen molar-refractivity contribution in [2.24, 2.45) is 0 Å². The molecule has 4 rings (SSSR count). The van der Waals surface area contributed by atoms with Gasteiger partial charge in [0, 0.05) is 18.4 Å². The summed E-state index contributed by atoms with van der Waals surface area (Å²) in [7, 11) is 1.55. The number of methoxy groups -OCH3 is 1. The van der Waals surface area contributed by atoms with E-state index in [0.717, 1.165) is 12.8 Å². The number of carbonyl (C=O) groups excluding carboxylic acids is 1. The molecule has 1 aliphatic heterocycles. The van der Waals surface area contributed by atoms with Gasteiger partial charge in [-0.1, -0.05) is 18.2 Å². The molecule has 1 aromatic heterocycles. The molecule has 1 fully saturated rings. The monoisotopic (exact) mass is 409 g/mol. The Morgan fingerprint density at radius 2 is 2.00 bits per heavy atom. The Labute approximate surface area is 172 Å². The van der Waals surface area contributed by atoms with Crippen LogP contribution in [0, 0.1) is 0 Å². The molecule has 8 nitrogen and oxygen atoms in total. The summed E-state index contributed by atoms with van der Waals surface area (Å²) < 4.78 is 13.3. The first kappa shape index (κ1) is 19.9. The van der Waals surface area contributed by atoms with Gasteiger partial charge in [0.2, 0.25) is 5.91 Å². The lowest BCUT2D eigenvalue weighted by Gasteiger charge is -2.16. The Kier molecular flexibility index (Phi) is 5.67. The highest BCUT2D eigenvalue weighted by atomic mass is 16.5. The minimum atomic E-state index is -0.519. The highest BCUT2D eigenvalue weighted by Crippen LogP contribution is 2.17. The summed E-state index contributed by atoms with van der Waals surface area (Å²) >= 11 is 0. The molecule has 1 amide bonds. The van der Waals surface area contributed by atoms with Gasteiger partial charge in [0.1, 0.15) is 12.3 Å². The molecular weight excluding hydrogens is 386 g/mol. The molecule has 30 heavy (non-hydrogen) atoms. The van der Waals surface area contributed by atoms with Gasteiger partial charge >= 0.3 is 5.69 Å². The van der Waals surface area contributed by atoms with Gasteiger partial charge in [0.25, 0.3) is 5.56 Å². The van der Waals surface area contributed by atoms with Crippen LogP contribution in [-0.4, -0.2) is 34.9 Å². The zero-order valence-corrected chi connectivity index (χ0v) is 16.7. The van der Waals surface area contributed by atoms with Gasteiger partial charge in [-0.05, 0) is 37.1 Å². The second-order valence-corrected chi connectivity index (χ2v) is 7.22. The van der Waals surface area contributed by atoms with Crippen LogP contribution in [0.25, 0.3) is 10.9 Å². The first-order valence-electron chi connectivity index (χ1n) is 9.84. The van der Waals surface area contributed by atoms with Crippen LogP contribution in [0.15, 0.2) is 58.1 Å². The van der Waals surface area contributed by atoms with E-state index in [1.807, 2.05) is 0 Å². The fourth-order valence-electron chi connectivity index (χ4n) is 3.72. The summed E-state index contributed by atoms with van der Waals surface area (Å²) in [4.78, 5) is 38.8. The van der Waals surface area contributed by atoms with E-state index in [9.17, 15) is 14.4 Å². The average molecular weight is 409 g/mol. The topological polar surface area (TPSA) is 91.6 Å². The number of aromatic nitrogens is 2. The van der Waals surface area contributed by atoms with Crippen LogP contribution in [0.3, 0.4) is 0 Å². The molecule has 1 saturated heterocycles. The Bertz CT molecular complexity index is 1190. The Morgan fingerprint density at radius 3 is 2.77 bits per heavy atom. The summed E-state index contributed by atoms with van der Waals surface area (Å²) in [5, 5.41) is 3.17. The standard InChI is InChI=1S/C22H23N3O5/c1-29-16-7-4-6-15(12-16)23-20(26)14-24-19-10-3-2-9-18(19)21(27)25(22(24)28)13-17-8-5-11-30-17/h2-4,6-7,9-10,12,17H,5,8,11,13-14H2,1H3,(H,23,26)/t17-/m1/s1. The van der Waals surface area contributed by atoms with E-state index in [2.05, 4.69) is 5.32 Å². The summed E-state index contributed by atoms with van der Waals surface area (Å²) in [6.45, 7) is 0.590. The minimum absolute atomic E-state index is 0.171. The molecule has 0 aliphatic carbocycles. The number of para-hydroxylation sites is 1. The van der Waals surface area contributed by atoms with Gasteiger partial charge in [-0.2, -0.15) is 0 Å². The predicted octanol–water partition coefficient (Wildman–Crippen LogP) is 1.99. The molecular formula is C22H23N3O5. The van der Waals surface area contributed by atoms with Crippen molar-refractivity contribution in [1.82, 2.24) is 9.13 Å². The second kappa shape index (κ2) is 8.54. The molecule has 156 valence electrons. The predicted molar refractivity (Wildman–Crippen MR) is 113 cm³/mol. The Balaban J connectivity index is 1.69. The van der Waals surface area contributed by atoms with Gasteiger partial charge in [0.05, 0.1) is 30.7 Å². The lowest BCUT2D eigenvalue weighted by molar-refractivity contribution is -0.116. The van der Waals surface area contributed by atoms with E-state index in [-0.39, 0.29) is 30.7 Å². The average Bonchev–Trinajstić information content (AvgIpc) is 3.27. The smallest absolute Gasteiger partial charge is 0.332 e. The van der Waals surface area contributed by atoms with Crippen LogP contribution in [0.1, 0.15) is 12.8 Å². The van der Waals surface area contributed by atoms with Crippen molar-refractivity contribution >= 4 is 22.5 Å². The number of ether oxygens (including phenoxy) is 2. The van der Waals surface area contributed by atoms with Crippen molar-refractivity contribution in [2.75, 3.05) is 19.0 Å². The lowest BCUT2D eigenvalue weighted by Crippen LogP contribution is -2.43. The summed E-state index contributed by atoms with van der Waals surface area (Å²) in [5.41, 5.74) is 0.104. The van der Waals surface area contributed by atoms with E-state index < -0.39 is 5.69 Å². The van der Waals surface area contributed by atoms with E-state index in [4.69, 9.17) is 9.47 Å². The summed E-state index contributed by atoms with van der Waals surface area (Å²) in [6.07, 6.45) is 1.54. The number of carbonyl (C=O) groups is 1. The summed E-state index contributed by atoms with van der Waals surface area (Å²) in [5.74, 6) is 0.235. The SMILES string of the molecule is COc1cccc(NC(=O)Cn2c(=O)n(C[C@H]3CCCO3)c(=O)c3ccccc32)c1. The van der Waals surface area contributed by atoms with Crippen molar-refractivity contribution in [3.8, 4) is 5.75 Å².